The Labute approximate surface area is 588 Å². The second-order valence-corrected chi connectivity index (χ2v) is 31.1. The van der Waals surface area contributed by atoms with E-state index >= 15 is 0 Å². The Balaban J connectivity index is 5.19. The fraction of sp³-hybridized carbons (Fsp3) is 0.948. The first-order valence-electron chi connectivity index (χ1n) is 40.1. The van der Waals surface area contributed by atoms with Crippen molar-refractivity contribution in [2.45, 2.75) is 425 Å². The molecule has 17 nitrogen and oxygen atoms in total. The predicted molar refractivity (Wildman–Crippen MR) is 391 cm³/mol. The Morgan fingerprint density at radius 3 is 0.708 bits per heavy atom. The molecule has 0 fully saturated rings. The van der Waals surface area contributed by atoms with Crippen molar-refractivity contribution in [3.8, 4) is 0 Å². The highest BCUT2D eigenvalue weighted by Gasteiger charge is 2.30. The van der Waals surface area contributed by atoms with Crippen LogP contribution >= 0.6 is 15.6 Å². The number of aliphatic hydroxyl groups is 1. The highest BCUT2D eigenvalue weighted by atomic mass is 31.2. The number of aliphatic hydroxyl groups excluding tert-OH is 1. The molecule has 0 aromatic rings. The summed E-state index contributed by atoms with van der Waals surface area (Å²) in [6.07, 6.45) is 59.7. The van der Waals surface area contributed by atoms with Crippen LogP contribution < -0.4 is 0 Å². The van der Waals surface area contributed by atoms with Crippen LogP contribution in [0.1, 0.15) is 407 Å². The molecule has 0 aliphatic carbocycles. The number of carbonyl (C=O) groups excluding carboxylic acids is 4. The van der Waals surface area contributed by atoms with Crippen molar-refractivity contribution < 1.29 is 80.2 Å². The first kappa shape index (κ1) is 94.1. The average Bonchev–Trinajstić information content (AvgIpc) is 1.83. The molecule has 0 rings (SSSR count). The molecule has 5 atom stereocenters. The van der Waals surface area contributed by atoms with E-state index in [1.165, 1.54) is 231 Å². The number of rotatable bonds is 77. The van der Waals surface area contributed by atoms with E-state index in [-0.39, 0.29) is 25.7 Å². The van der Waals surface area contributed by atoms with Crippen LogP contribution in [0, 0.1) is 5.92 Å². The lowest BCUT2D eigenvalue weighted by Crippen LogP contribution is -2.30. The van der Waals surface area contributed by atoms with Gasteiger partial charge in [-0.25, -0.2) is 9.13 Å². The van der Waals surface area contributed by atoms with Crippen molar-refractivity contribution in [2.24, 2.45) is 5.92 Å². The third kappa shape index (κ3) is 70.5. The monoisotopic (exact) mass is 1410 g/mol. The molecule has 570 valence electrons. The van der Waals surface area contributed by atoms with E-state index in [0.29, 0.717) is 25.7 Å². The van der Waals surface area contributed by atoms with E-state index in [1.807, 2.05) is 0 Å². The highest BCUT2D eigenvalue weighted by molar-refractivity contribution is 7.47. The Morgan fingerprint density at radius 2 is 0.479 bits per heavy atom. The summed E-state index contributed by atoms with van der Waals surface area (Å²) in [6, 6.07) is 0. The first-order valence-corrected chi connectivity index (χ1v) is 43.1. The summed E-state index contributed by atoms with van der Waals surface area (Å²) in [4.78, 5) is 72.8. The molecule has 0 aromatic carbocycles. The normalized spacial score (nSPS) is 13.9. The number of carbonyl (C=O) groups is 4. The van der Waals surface area contributed by atoms with Gasteiger partial charge in [0.05, 0.1) is 26.4 Å². The lowest BCUT2D eigenvalue weighted by atomic mass is 10.0. The summed E-state index contributed by atoms with van der Waals surface area (Å²) in [7, 11) is -9.91. The zero-order valence-corrected chi connectivity index (χ0v) is 64.3. The lowest BCUT2D eigenvalue weighted by Gasteiger charge is -2.21. The summed E-state index contributed by atoms with van der Waals surface area (Å²) in [5.41, 5.74) is 0. The quantitative estimate of drug-likeness (QED) is 0.0222. The van der Waals surface area contributed by atoms with E-state index in [0.717, 1.165) is 95.8 Å². The number of hydrogen-bond acceptors (Lipinski definition) is 15. The molecule has 0 saturated carbocycles. The summed E-state index contributed by atoms with van der Waals surface area (Å²) < 4.78 is 68.5. The molecule has 0 aliphatic heterocycles. The number of hydrogen-bond donors (Lipinski definition) is 3. The topological polar surface area (TPSA) is 237 Å². The molecular formula is C77H150O17P2. The largest absolute Gasteiger partial charge is 0.472 e. The third-order valence-electron chi connectivity index (χ3n) is 18.0. The average molecular weight is 1410 g/mol. The second kappa shape index (κ2) is 70.1. The van der Waals surface area contributed by atoms with Gasteiger partial charge >= 0.3 is 39.5 Å². The van der Waals surface area contributed by atoms with Crippen molar-refractivity contribution in [2.75, 3.05) is 39.6 Å². The van der Waals surface area contributed by atoms with Gasteiger partial charge in [0, 0.05) is 25.7 Å². The van der Waals surface area contributed by atoms with Crippen LogP contribution in [0.4, 0.5) is 0 Å². The van der Waals surface area contributed by atoms with E-state index in [2.05, 4.69) is 34.6 Å². The second-order valence-electron chi connectivity index (χ2n) is 28.2. The summed E-state index contributed by atoms with van der Waals surface area (Å²) in [5, 5.41) is 10.6. The van der Waals surface area contributed by atoms with E-state index < -0.39 is 97.5 Å². The molecule has 0 radical (unpaired) electrons. The maximum atomic E-state index is 13.1. The molecular weight excluding hydrogens is 1260 g/mol. The minimum Gasteiger partial charge on any atom is -0.462 e. The van der Waals surface area contributed by atoms with Crippen LogP contribution in [0.3, 0.4) is 0 Å². The zero-order valence-electron chi connectivity index (χ0n) is 62.5. The summed E-state index contributed by atoms with van der Waals surface area (Å²) in [6.45, 7) is 7.29. The number of ether oxygens (including phenoxy) is 4. The minimum absolute atomic E-state index is 0.107. The molecule has 19 heteroatoms. The Morgan fingerprint density at radius 1 is 0.281 bits per heavy atom. The molecule has 0 spiro atoms. The van der Waals surface area contributed by atoms with Crippen molar-refractivity contribution >= 4 is 39.5 Å². The van der Waals surface area contributed by atoms with Crippen LogP contribution in [0.2, 0.25) is 0 Å². The van der Waals surface area contributed by atoms with Crippen molar-refractivity contribution in [1.82, 2.24) is 0 Å². The molecule has 0 amide bonds. The molecule has 0 aliphatic rings. The van der Waals surface area contributed by atoms with Gasteiger partial charge in [0.2, 0.25) is 0 Å². The number of unbranched alkanes of at least 4 members (excludes halogenated alkanes) is 49. The van der Waals surface area contributed by atoms with E-state index in [4.69, 9.17) is 37.0 Å². The third-order valence-corrected chi connectivity index (χ3v) is 19.9. The van der Waals surface area contributed by atoms with E-state index in [9.17, 15) is 43.2 Å². The van der Waals surface area contributed by atoms with Crippen LogP contribution in [0.5, 0.6) is 0 Å². The van der Waals surface area contributed by atoms with Gasteiger partial charge in [-0.15, -0.1) is 0 Å². The van der Waals surface area contributed by atoms with Gasteiger partial charge in [-0.3, -0.25) is 37.3 Å². The predicted octanol–water partition coefficient (Wildman–Crippen LogP) is 22.9. The fourth-order valence-corrected chi connectivity index (χ4v) is 13.5. The lowest BCUT2D eigenvalue weighted by molar-refractivity contribution is -0.161. The molecule has 0 saturated heterocycles. The molecule has 96 heavy (non-hydrogen) atoms. The number of phosphoric ester groups is 2. The summed E-state index contributed by atoms with van der Waals surface area (Å²) >= 11 is 0. The van der Waals surface area contributed by atoms with Gasteiger partial charge in [-0.1, -0.05) is 356 Å². The fourth-order valence-electron chi connectivity index (χ4n) is 11.9. The maximum absolute atomic E-state index is 13.1. The van der Waals surface area contributed by atoms with Gasteiger partial charge in [0.25, 0.3) is 0 Å². The van der Waals surface area contributed by atoms with Crippen molar-refractivity contribution in [1.29, 1.82) is 0 Å². The van der Waals surface area contributed by atoms with Gasteiger partial charge in [-0.2, -0.15) is 0 Å². The van der Waals surface area contributed by atoms with Crippen LogP contribution in [0.15, 0.2) is 0 Å². The molecule has 0 bridgehead atoms. The van der Waals surface area contributed by atoms with Crippen molar-refractivity contribution in [3.63, 3.8) is 0 Å². The van der Waals surface area contributed by atoms with Crippen LogP contribution in [0.25, 0.3) is 0 Å². The Hall–Kier alpha value is -1.94. The van der Waals surface area contributed by atoms with Crippen LogP contribution in [-0.2, 0) is 65.4 Å². The molecule has 3 N–H and O–H groups in total. The standard InChI is InChI=1S/C77H150O17P2/c1-6-9-12-15-18-21-24-25-26-27-28-29-30-31-32-33-37-43-48-53-58-63-77(82)94-73(67-88-75(80)61-56-51-46-41-38-34-36-39-44-49-54-59-70(4)5)69-92-96(85,86)90-65-71(78)64-89-95(83,84)91-68-72(66-87-74(79)60-55-50-45-40-23-20-17-14-11-8-3)93-76(81)62-57-52-47-42-35-22-19-16-13-10-7-2/h70-73,78H,6-69H2,1-5H3,(H,83,84)(H,85,86)/t71-,72+,73+/m0/s1. The maximum Gasteiger partial charge on any atom is 0.472 e. The van der Waals surface area contributed by atoms with Gasteiger partial charge < -0.3 is 33.8 Å². The van der Waals surface area contributed by atoms with E-state index in [1.54, 1.807) is 0 Å². The number of esters is 4. The van der Waals surface area contributed by atoms with Gasteiger partial charge in [0.1, 0.15) is 19.3 Å². The first-order chi connectivity index (χ1) is 46.5. The SMILES string of the molecule is CCCCCCCCCCCCCCCCCCCCCCCC(=O)O[C@H](COC(=O)CCCCCCCCCCCCCC(C)C)COP(=O)(O)OC[C@@H](O)COP(=O)(O)OC[C@@H](COC(=O)CCCCCCCCCCCC)OC(=O)CCCCCCCCCCCCC. The Bertz CT molecular complexity index is 1840. The molecule has 0 aromatic heterocycles. The minimum atomic E-state index is -4.96. The number of phosphoric acid groups is 2. The molecule has 0 heterocycles. The summed E-state index contributed by atoms with van der Waals surface area (Å²) in [5.74, 6) is -1.34. The Kier molecular flexibility index (Phi) is 68.7. The highest BCUT2D eigenvalue weighted by Crippen LogP contribution is 2.45. The smallest absolute Gasteiger partial charge is 0.462 e. The van der Waals surface area contributed by atoms with Gasteiger partial charge in [0.15, 0.2) is 12.2 Å². The van der Waals surface area contributed by atoms with Crippen LogP contribution in [-0.4, -0.2) is 96.7 Å². The van der Waals surface area contributed by atoms with Gasteiger partial charge in [-0.05, 0) is 31.6 Å². The van der Waals surface area contributed by atoms with Crippen molar-refractivity contribution in [3.05, 3.63) is 0 Å². The zero-order chi connectivity index (χ0) is 70.5. The molecule has 2 unspecified atom stereocenters.